The smallest absolute Gasteiger partial charge is 0.318 e. The van der Waals surface area contributed by atoms with Crippen molar-refractivity contribution < 1.29 is 14.4 Å². The fraction of sp³-hybridized carbons (Fsp3) is 0.379. The van der Waals surface area contributed by atoms with Crippen LogP contribution in [-0.4, -0.2) is 79.9 Å². The van der Waals surface area contributed by atoms with Crippen molar-refractivity contribution in [3.8, 4) is 6.07 Å². The van der Waals surface area contributed by atoms with Gasteiger partial charge in [-0.15, -0.1) is 0 Å². The summed E-state index contributed by atoms with van der Waals surface area (Å²) in [4.78, 5) is 50.9. The molecule has 1 saturated heterocycles. The topological polar surface area (TPSA) is 136 Å². The van der Waals surface area contributed by atoms with Gasteiger partial charge in [-0.2, -0.15) is 5.26 Å². The predicted octanol–water partition coefficient (Wildman–Crippen LogP) is 2.19. The Bertz CT molecular complexity index is 1370. The highest BCUT2D eigenvalue weighted by atomic mass is 16.2. The molecule has 2 aromatic heterocycles. The molecule has 4 rings (SSSR count). The monoisotopic (exact) mass is 542 g/mol. The molecule has 0 saturated carbocycles. The molecular weight excluding hydrogens is 508 g/mol. The van der Waals surface area contributed by atoms with Crippen molar-refractivity contribution in [3.63, 3.8) is 0 Å². The Balaban J connectivity index is 1.41. The van der Waals surface area contributed by atoms with E-state index < -0.39 is 11.6 Å². The molecule has 1 fully saturated rings. The quantitative estimate of drug-likeness (QED) is 0.470. The molecule has 40 heavy (non-hydrogen) atoms. The summed E-state index contributed by atoms with van der Waals surface area (Å²) in [5.41, 5.74) is 2.58. The molecule has 1 aliphatic rings. The molecule has 0 bridgehead atoms. The van der Waals surface area contributed by atoms with Crippen molar-refractivity contribution in [2.75, 3.05) is 26.2 Å². The number of hydrogen-bond donors (Lipinski definition) is 2. The normalized spacial score (nSPS) is 15.3. The van der Waals surface area contributed by atoms with E-state index >= 15 is 0 Å². The number of imidazole rings is 1. The van der Waals surface area contributed by atoms with Crippen LogP contribution in [0.3, 0.4) is 0 Å². The molecule has 1 aliphatic heterocycles. The van der Waals surface area contributed by atoms with E-state index in [0.717, 1.165) is 11.3 Å². The molecule has 3 heterocycles. The number of amides is 4. The van der Waals surface area contributed by atoms with Crippen LogP contribution in [0, 0.1) is 11.3 Å². The number of aromatic nitrogens is 3. The molecule has 2 N–H and O–H groups in total. The molecule has 1 unspecified atom stereocenters. The average Bonchev–Trinajstić information content (AvgIpc) is 3.38. The van der Waals surface area contributed by atoms with E-state index in [1.54, 1.807) is 54.1 Å². The standard InChI is InChI=1S/C29H34N8O3/c1-29(2,3)34-28(40)37-15-14-35(27(39)23-8-11-31-12-9-23)19-25(37)26(38)33-13-10-24-17-32-20-36(24)18-22-6-4-21(16-30)5-7-22/h4-9,11-12,17,20,25H,10,13-15,18-19H2,1-3H3,(H,33,38)(H,34,40). The van der Waals surface area contributed by atoms with Crippen LogP contribution in [0.1, 0.15) is 48.0 Å². The Labute approximate surface area is 233 Å². The van der Waals surface area contributed by atoms with Crippen molar-refractivity contribution in [2.45, 2.75) is 45.3 Å². The van der Waals surface area contributed by atoms with Crippen LogP contribution in [0.25, 0.3) is 0 Å². The molecule has 0 radical (unpaired) electrons. The summed E-state index contributed by atoms with van der Waals surface area (Å²) in [7, 11) is 0. The minimum atomic E-state index is -0.842. The molecule has 0 spiro atoms. The zero-order valence-electron chi connectivity index (χ0n) is 23.0. The minimum Gasteiger partial charge on any atom is -0.354 e. The van der Waals surface area contributed by atoms with E-state index in [1.165, 1.54) is 4.90 Å². The van der Waals surface area contributed by atoms with Gasteiger partial charge in [0.15, 0.2) is 0 Å². The number of carbonyl (C=O) groups excluding carboxylic acids is 3. The zero-order valence-corrected chi connectivity index (χ0v) is 23.0. The first-order valence-corrected chi connectivity index (χ1v) is 13.2. The molecular formula is C29H34N8O3. The number of nitriles is 1. The summed E-state index contributed by atoms with van der Waals surface area (Å²) in [6.07, 6.45) is 7.13. The van der Waals surface area contributed by atoms with Gasteiger partial charge in [-0.3, -0.25) is 14.6 Å². The van der Waals surface area contributed by atoms with Crippen LogP contribution in [0.4, 0.5) is 4.79 Å². The molecule has 3 aromatic rings. The lowest BCUT2D eigenvalue weighted by Gasteiger charge is -2.41. The van der Waals surface area contributed by atoms with Gasteiger partial charge in [-0.05, 0) is 50.6 Å². The van der Waals surface area contributed by atoms with Gasteiger partial charge in [0.05, 0.1) is 24.5 Å². The van der Waals surface area contributed by atoms with Crippen LogP contribution in [0.15, 0.2) is 61.3 Å². The summed E-state index contributed by atoms with van der Waals surface area (Å²) < 4.78 is 1.99. The predicted molar refractivity (Wildman–Crippen MR) is 148 cm³/mol. The number of rotatable bonds is 7. The average molecular weight is 543 g/mol. The molecule has 0 aliphatic carbocycles. The first-order chi connectivity index (χ1) is 19.1. The van der Waals surface area contributed by atoms with Crippen molar-refractivity contribution in [2.24, 2.45) is 0 Å². The van der Waals surface area contributed by atoms with Crippen molar-refractivity contribution >= 4 is 17.8 Å². The lowest BCUT2D eigenvalue weighted by molar-refractivity contribution is -0.127. The Morgan fingerprint density at radius 1 is 1.05 bits per heavy atom. The van der Waals surface area contributed by atoms with Crippen LogP contribution in [0.5, 0.6) is 0 Å². The van der Waals surface area contributed by atoms with Gasteiger partial charge < -0.3 is 25.0 Å². The van der Waals surface area contributed by atoms with Gasteiger partial charge in [0.1, 0.15) is 6.04 Å². The molecule has 11 nitrogen and oxygen atoms in total. The largest absolute Gasteiger partial charge is 0.354 e. The second-order valence-electron chi connectivity index (χ2n) is 10.7. The van der Waals surface area contributed by atoms with E-state index in [-0.39, 0.29) is 30.9 Å². The number of benzene rings is 1. The van der Waals surface area contributed by atoms with Gasteiger partial charge in [-0.1, -0.05) is 12.1 Å². The highest BCUT2D eigenvalue weighted by molar-refractivity contribution is 5.95. The minimum absolute atomic E-state index is 0.0845. The Kier molecular flexibility index (Phi) is 8.79. The lowest BCUT2D eigenvalue weighted by atomic mass is 10.1. The number of carbonyl (C=O) groups is 3. The number of nitrogens with one attached hydrogen (secondary N) is 2. The summed E-state index contributed by atoms with van der Waals surface area (Å²) in [6.45, 7) is 7.19. The van der Waals surface area contributed by atoms with Gasteiger partial charge in [0.2, 0.25) is 5.91 Å². The third kappa shape index (κ3) is 7.22. The van der Waals surface area contributed by atoms with Crippen molar-refractivity contribution in [1.82, 2.24) is 35.0 Å². The van der Waals surface area contributed by atoms with Crippen molar-refractivity contribution in [3.05, 3.63) is 83.7 Å². The Hall–Kier alpha value is -4.72. The molecule has 4 amide bonds. The Morgan fingerprint density at radius 3 is 2.45 bits per heavy atom. The van der Waals surface area contributed by atoms with Crippen molar-refractivity contribution in [1.29, 1.82) is 5.26 Å². The third-order valence-corrected chi connectivity index (χ3v) is 6.56. The van der Waals surface area contributed by atoms with Gasteiger partial charge in [-0.25, -0.2) is 9.78 Å². The van der Waals surface area contributed by atoms with E-state index in [9.17, 15) is 14.4 Å². The first-order valence-electron chi connectivity index (χ1n) is 13.2. The molecule has 1 atom stereocenters. The van der Waals surface area contributed by atoms with Gasteiger partial charge in [0, 0.05) is 68.0 Å². The number of nitrogens with zero attached hydrogens (tertiary/aromatic N) is 6. The van der Waals surface area contributed by atoms with E-state index in [2.05, 4.69) is 26.7 Å². The maximum atomic E-state index is 13.4. The summed E-state index contributed by atoms with van der Waals surface area (Å²) in [5.74, 6) is -0.530. The fourth-order valence-corrected chi connectivity index (χ4v) is 4.52. The summed E-state index contributed by atoms with van der Waals surface area (Å²) >= 11 is 0. The Morgan fingerprint density at radius 2 is 1.77 bits per heavy atom. The van der Waals surface area contributed by atoms with Crippen LogP contribution >= 0.6 is 0 Å². The highest BCUT2D eigenvalue weighted by Crippen LogP contribution is 2.16. The van der Waals surface area contributed by atoms with Crippen LogP contribution in [-0.2, 0) is 17.8 Å². The maximum absolute atomic E-state index is 13.4. The van der Waals surface area contributed by atoms with E-state index in [4.69, 9.17) is 5.26 Å². The second-order valence-corrected chi connectivity index (χ2v) is 10.7. The fourth-order valence-electron chi connectivity index (χ4n) is 4.52. The van der Waals surface area contributed by atoms with Gasteiger partial charge >= 0.3 is 6.03 Å². The third-order valence-electron chi connectivity index (χ3n) is 6.56. The number of hydrogen-bond acceptors (Lipinski definition) is 6. The molecule has 1 aromatic carbocycles. The lowest BCUT2D eigenvalue weighted by Crippen LogP contribution is -2.64. The maximum Gasteiger partial charge on any atom is 0.318 e. The van der Waals surface area contributed by atoms with Gasteiger partial charge in [0.25, 0.3) is 5.91 Å². The number of urea groups is 1. The number of piperazine rings is 1. The van der Waals surface area contributed by atoms with Crippen LogP contribution < -0.4 is 10.6 Å². The summed E-state index contributed by atoms with van der Waals surface area (Å²) in [6, 6.07) is 11.6. The van der Waals surface area contributed by atoms with E-state index in [1.807, 2.05) is 37.5 Å². The summed E-state index contributed by atoms with van der Waals surface area (Å²) in [5, 5.41) is 14.9. The van der Waals surface area contributed by atoms with E-state index in [0.29, 0.717) is 37.2 Å². The SMILES string of the molecule is CC(C)(C)NC(=O)N1CCN(C(=O)c2ccncc2)CC1C(=O)NCCc1cncn1Cc1ccc(C#N)cc1. The van der Waals surface area contributed by atoms with Crippen LogP contribution in [0.2, 0.25) is 0 Å². The zero-order chi connectivity index (χ0) is 28.7. The molecule has 208 valence electrons. The molecule has 11 heteroatoms. The first kappa shape index (κ1) is 28.3. The highest BCUT2D eigenvalue weighted by Gasteiger charge is 2.38. The second kappa shape index (κ2) is 12.4. The number of pyridine rings is 1.